The van der Waals surface area contributed by atoms with Gasteiger partial charge in [-0.1, -0.05) is 109 Å². The Labute approximate surface area is 311 Å². The second-order valence-electron chi connectivity index (χ2n) is 13.0. The number of nitrogens with zero attached hydrogens (tertiary/aromatic N) is 4. The van der Waals surface area contributed by atoms with E-state index in [9.17, 15) is 0 Å². The van der Waals surface area contributed by atoms with Crippen LogP contribution < -0.4 is 0 Å². The number of fused-ring (bicyclic) bond motifs is 7. The molecule has 7 aromatic carbocycles. The van der Waals surface area contributed by atoms with Gasteiger partial charge in [-0.15, -0.1) is 22.7 Å². The van der Waals surface area contributed by atoms with Crippen LogP contribution in [0.2, 0.25) is 0 Å². The van der Waals surface area contributed by atoms with E-state index in [2.05, 4.69) is 91.0 Å². The molecular weight excluding hydrogens is 689 g/mol. The number of thiophene rings is 1. The largest absolute Gasteiger partial charge is 0.455 e. The van der Waals surface area contributed by atoms with Crippen LogP contribution in [0.5, 0.6) is 0 Å². The second-order valence-corrected chi connectivity index (χ2v) is 15.1. The van der Waals surface area contributed by atoms with Gasteiger partial charge in [-0.2, -0.15) is 0 Å². The lowest BCUT2D eigenvalue weighted by atomic mass is 10.0. The first-order chi connectivity index (χ1) is 26.2. The highest BCUT2D eigenvalue weighted by Crippen LogP contribution is 2.42. The van der Waals surface area contributed by atoms with Crippen molar-refractivity contribution in [3.63, 3.8) is 0 Å². The summed E-state index contributed by atoms with van der Waals surface area (Å²) in [4.78, 5) is 20.2. The summed E-state index contributed by atoms with van der Waals surface area (Å²) in [6.45, 7) is 0. The van der Waals surface area contributed by atoms with Crippen LogP contribution in [0.1, 0.15) is 0 Å². The molecule has 0 saturated heterocycles. The molecule has 4 heterocycles. The SMILES string of the molecule is c1ccc(-c2nc(-c3cccc4c3oc3ccccc34)nc(-c3cccc4c3sc3ccc(-c5cccc(-c6nc7ccccc7s6)c5)cc34)n2)cc1. The van der Waals surface area contributed by atoms with Gasteiger partial charge >= 0.3 is 0 Å². The van der Waals surface area contributed by atoms with Crippen molar-refractivity contribution in [3.8, 4) is 55.9 Å². The molecule has 7 heteroatoms. The van der Waals surface area contributed by atoms with E-state index in [4.69, 9.17) is 24.4 Å². The Morgan fingerprint density at radius 3 is 1.98 bits per heavy atom. The van der Waals surface area contributed by atoms with Crippen molar-refractivity contribution in [3.05, 3.63) is 158 Å². The van der Waals surface area contributed by atoms with Crippen molar-refractivity contribution in [2.75, 3.05) is 0 Å². The molecular formula is C46H26N4OS2. The van der Waals surface area contributed by atoms with Gasteiger partial charge in [-0.3, -0.25) is 0 Å². The Kier molecular flexibility index (Phi) is 6.83. The van der Waals surface area contributed by atoms with E-state index in [-0.39, 0.29) is 0 Å². The Morgan fingerprint density at radius 2 is 1.08 bits per heavy atom. The molecule has 0 N–H and O–H groups in total. The first-order valence-electron chi connectivity index (χ1n) is 17.4. The fraction of sp³-hybridized carbons (Fsp3) is 0. The van der Waals surface area contributed by atoms with Gasteiger partial charge in [0.1, 0.15) is 16.2 Å². The third-order valence-corrected chi connectivity index (χ3v) is 12.1. The maximum absolute atomic E-state index is 6.43. The zero-order valence-electron chi connectivity index (χ0n) is 28.0. The first-order valence-corrected chi connectivity index (χ1v) is 19.0. The monoisotopic (exact) mass is 714 g/mol. The van der Waals surface area contributed by atoms with Crippen LogP contribution in [0.15, 0.2) is 162 Å². The fourth-order valence-corrected chi connectivity index (χ4v) is 9.39. The summed E-state index contributed by atoms with van der Waals surface area (Å²) < 4.78 is 9.98. The molecule has 0 unspecified atom stereocenters. The van der Waals surface area contributed by atoms with Gasteiger partial charge in [0, 0.05) is 47.6 Å². The number of hydrogen-bond donors (Lipinski definition) is 0. The molecule has 0 saturated carbocycles. The Balaban J connectivity index is 1.06. The molecule has 248 valence electrons. The van der Waals surface area contributed by atoms with Crippen LogP contribution in [0.25, 0.3) is 108 Å². The molecule has 0 aliphatic carbocycles. The number of rotatable bonds is 5. The van der Waals surface area contributed by atoms with Gasteiger partial charge < -0.3 is 4.42 Å². The number of para-hydroxylation sites is 3. The van der Waals surface area contributed by atoms with E-state index < -0.39 is 0 Å². The maximum atomic E-state index is 6.43. The van der Waals surface area contributed by atoms with Gasteiger partial charge in [-0.05, 0) is 59.7 Å². The Bertz CT molecular complexity index is 3160. The van der Waals surface area contributed by atoms with Gasteiger partial charge in [-0.25, -0.2) is 19.9 Å². The molecule has 0 radical (unpaired) electrons. The smallest absolute Gasteiger partial charge is 0.167 e. The van der Waals surface area contributed by atoms with Crippen LogP contribution >= 0.6 is 22.7 Å². The van der Waals surface area contributed by atoms with Crippen molar-refractivity contribution in [2.45, 2.75) is 0 Å². The average Bonchev–Trinajstić information content (AvgIpc) is 3.94. The summed E-state index contributed by atoms with van der Waals surface area (Å²) in [5, 5.41) is 5.52. The second kappa shape index (κ2) is 12.0. The predicted molar refractivity (Wildman–Crippen MR) is 220 cm³/mol. The number of benzene rings is 7. The molecule has 0 atom stereocenters. The van der Waals surface area contributed by atoms with Crippen molar-refractivity contribution in [1.29, 1.82) is 0 Å². The fourth-order valence-electron chi connectivity index (χ4n) is 7.24. The van der Waals surface area contributed by atoms with Crippen molar-refractivity contribution < 1.29 is 4.42 Å². The highest BCUT2D eigenvalue weighted by Gasteiger charge is 2.20. The normalized spacial score (nSPS) is 11.8. The lowest BCUT2D eigenvalue weighted by Gasteiger charge is -2.09. The third kappa shape index (κ3) is 5.04. The Morgan fingerprint density at radius 1 is 0.396 bits per heavy atom. The minimum Gasteiger partial charge on any atom is -0.455 e. The maximum Gasteiger partial charge on any atom is 0.167 e. The van der Waals surface area contributed by atoms with E-state index in [0.717, 1.165) is 65.0 Å². The molecule has 5 nitrogen and oxygen atoms in total. The number of thiazole rings is 1. The summed E-state index contributed by atoms with van der Waals surface area (Å²) >= 11 is 3.50. The topological polar surface area (TPSA) is 64.7 Å². The molecule has 11 aromatic rings. The summed E-state index contributed by atoms with van der Waals surface area (Å²) in [7, 11) is 0. The minimum atomic E-state index is 0.576. The van der Waals surface area contributed by atoms with E-state index in [0.29, 0.717) is 17.5 Å². The first kappa shape index (κ1) is 30.1. The van der Waals surface area contributed by atoms with Gasteiger partial charge in [0.2, 0.25) is 0 Å². The zero-order chi connectivity index (χ0) is 34.9. The average molecular weight is 715 g/mol. The number of hydrogen-bond acceptors (Lipinski definition) is 7. The van der Waals surface area contributed by atoms with E-state index in [1.807, 2.05) is 66.7 Å². The van der Waals surface area contributed by atoms with E-state index in [1.54, 1.807) is 22.7 Å². The van der Waals surface area contributed by atoms with Crippen molar-refractivity contribution in [1.82, 2.24) is 19.9 Å². The molecule has 0 aliphatic rings. The Hall–Kier alpha value is -6.54. The molecule has 0 amide bonds. The van der Waals surface area contributed by atoms with Crippen LogP contribution in [0.3, 0.4) is 0 Å². The summed E-state index contributed by atoms with van der Waals surface area (Å²) in [5.41, 5.74) is 8.82. The third-order valence-electron chi connectivity index (χ3n) is 9.79. The lowest BCUT2D eigenvalue weighted by molar-refractivity contribution is 0.669. The molecule has 53 heavy (non-hydrogen) atoms. The molecule has 0 bridgehead atoms. The lowest BCUT2D eigenvalue weighted by Crippen LogP contribution is -2.00. The number of furan rings is 1. The van der Waals surface area contributed by atoms with Crippen LogP contribution in [0, 0.1) is 0 Å². The van der Waals surface area contributed by atoms with Gasteiger partial charge in [0.15, 0.2) is 17.5 Å². The zero-order valence-corrected chi connectivity index (χ0v) is 29.7. The summed E-state index contributed by atoms with van der Waals surface area (Å²) in [6, 6.07) is 54.6. The molecule has 0 spiro atoms. The van der Waals surface area contributed by atoms with Gasteiger partial charge in [0.05, 0.1) is 15.8 Å². The van der Waals surface area contributed by atoms with Crippen molar-refractivity contribution in [2.24, 2.45) is 0 Å². The molecule has 0 aliphatic heterocycles. The highest BCUT2D eigenvalue weighted by molar-refractivity contribution is 7.26. The summed E-state index contributed by atoms with van der Waals surface area (Å²) in [6.07, 6.45) is 0. The quantitative estimate of drug-likeness (QED) is 0.178. The van der Waals surface area contributed by atoms with E-state index >= 15 is 0 Å². The molecule has 0 fully saturated rings. The van der Waals surface area contributed by atoms with Gasteiger partial charge in [0.25, 0.3) is 0 Å². The number of aromatic nitrogens is 4. The standard InChI is InChI=1S/C46H26N4OS2/c1-2-11-27(12-3-1)43-48-44(34-18-9-16-32-31-15-4-6-21-38(31)51-41(32)34)50-45(49-43)35-19-10-17-33-36-26-29(23-24-39(36)52-42(33)35)28-13-8-14-30(25-28)46-47-37-20-5-7-22-40(37)53-46/h1-26H. The summed E-state index contributed by atoms with van der Waals surface area (Å²) in [5.74, 6) is 1.82. The van der Waals surface area contributed by atoms with E-state index in [1.165, 1.54) is 25.7 Å². The minimum absolute atomic E-state index is 0.576. The molecule has 4 aromatic heterocycles. The van der Waals surface area contributed by atoms with Crippen LogP contribution in [-0.2, 0) is 0 Å². The van der Waals surface area contributed by atoms with Crippen molar-refractivity contribution >= 4 is 75.0 Å². The van der Waals surface area contributed by atoms with Crippen LogP contribution in [0.4, 0.5) is 0 Å². The highest BCUT2D eigenvalue weighted by atomic mass is 32.1. The van der Waals surface area contributed by atoms with Crippen LogP contribution in [-0.4, -0.2) is 19.9 Å². The molecule has 11 rings (SSSR count). The predicted octanol–water partition coefficient (Wildman–Crippen LogP) is 13.1.